The van der Waals surface area contributed by atoms with Crippen LogP contribution in [0.15, 0.2) is 30.3 Å². The summed E-state index contributed by atoms with van der Waals surface area (Å²) in [4.78, 5) is 1.53. The maximum Gasteiger partial charge on any atom is 0.128 e. The average molecular weight is 230 g/mol. The summed E-state index contributed by atoms with van der Waals surface area (Å²) in [5, 5.41) is 8.84. The Morgan fingerprint density at radius 3 is 2.81 bits per heavy atom. The summed E-state index contributed by atoms with van der Waals surface area (Å²) in [6, 6.07) is 11.6. The second kappa shape index (κ2) is 4.25. The fraction of sp³-hybridized carbons (Fsp3) is 0.0833. The first-order valence-corrected chi connectivity index (χ1v) is 5.50. The van der Waals surface area contributed by atoms with Gasteiger partial charge in [0.2, 0.25) is 0 Å². The second-order valence-corrected chi connectivity index (χ2v) is 4.29. The van der Waals surface area contributed by atoms with Gasteiger partial charge < -0.3 is 10.5 Å². The zero-order chi connectivity index (χ0) is 11.5. The van der Waals surface area contributed by atoms with Gasteiger partial charge in [0, 0.05) is 4.88 Å². The predicted molar refractivity (Wildman–Crippen MR) is 65.4 cm³/mol. The summed E-state index contributed by atoms with van der Waals surface area (Å²) in [6.07, 6.45) is 0. The molecule has 4 heteroatoms. The number of hydrogen-bond donors (Lipinski definition) is 1. The van der Waals surface area contributed by atoms with E-state index < -0.39 is 0 Å². The van der Waals surface area contributed by atoms with E-state index >= 15 is 0 Å². The van der Waals surface area contributed by atoms with Crippen molar-refractivity contribution in [3.63, 3.8) is 0 Å². The molecule has 2 N–H and O–H groups in total. The molecule has 3 nitrogen and oxygen atoms in total. The highest BCUT2D eigenvalue weighted by molar-refractivity contribution is 7.16. The molecule has 1 heterocycles. The van der Waals surface area contributed by atoms with Crippen LogP contribution in [0.5, 0.6) is 5.75 Å². The first kappa shape index (κ1) is 10.5. The van der Waals surface area contributed by atoms with Gasteiger partial charge in [-0.2, -0.15) is 5.26 Å². The number of benzene rings is 1. The van der Waals surface area contributed by atoms with Crippen molar-refractivity contribution in [1.82, 2.24) is 0 Å². The molecule has 0 saturated heterocycles. The van der Waals surface area contributed by atoms with Crippen LogP contribution in [0.2, 0.25) is 0 Å². The first-order chi connectivity index (χ1) is 7.74. The van der Waals surface area contributed by atoms with Crippen LogP contribution < -0.4 is 10.5 Å². The first-order valence-electron chi connectivity index (χ1n) is 4.68. The van der Waals surface area contributed by atoms with E-state index in [9.17, 15) is 0 Å². The minimum atomic E-state index is 0.533. The van der Waals surface area contributed by atoms with Crippen molar-refractivity contribution < 1.29 is 4.74 Å². The summed E-state index contributed by atoms with van der Waals surface area (Å²) >= 11 is 1.39. The van der Waals surface area contributed by atoms with Gasteiger partial charge in [-0.1, -0.05) is 12.1 Å². The van der Waals surface area contributed by atoms with Crippen LogP contribution in [-0.4, -0.2) is 7.11 Å². The number of nitrogens with zero attached hydrogens (tertiary/aromatic N) is 1. The number of rotatable bonds is 2. The number of nitrogens with two attached hydrogens (primary N) is 1. The normalized spacial score (nSPS) is 9.75. The standard InChI is InChI=1S/C12H10N2OS/c1-15-9-4-2-3-8(5-9)11-6-10(14)12(7-13)16-11/h2-6H,14H2,1H3. The van der Waals surface area contributed by atoms with Crippen LogP contribution in [-0.2, 0) is 0 Å². The summed E-state index contributed by atoms with van der Waals surface area (Å²) in [5.74, 6) is 0.794. The minimum Gasteiger partial charge on any atom is -0.497 e. The van der Waals surface area contributed by atoms with Crippen LogP contribution in [0.25, 0.3) is 10.4 Å². The molecule has 0 spiro atoms. The maximum atomic E-state index is 8.84. The van der Waals surface area contributed by atoms with Crippen molar-refractivity contribution in [2.45, 2.75) is 0 Å². The number of ether oxygens (including phenoxy) is 1. The number of nitriles is 1. The molecule has 0 aliphatic heterocycles. The van der Waals surface area contributed by atoms with Gasteiger partial charge >= 0.3 is 0 Å². The summed E-state index contributed by atoms with van der Waals surface area (Å²) in [6.45, 7) is 0. The summed E-state index contributed by atoms with van der Waals surface area (Å²) in [7, 11) is 1.63. The van der Waals surface area contributed by atoms with E-state index in [2.05, 4.69) is 6.07 Å². The number of anilines is 1. The number of methoxy groups -OCH3 is 1. The quantitative estimate of drug-likeness (QED) is 0.863. The van der Waals surface area contributed by atoms with Crippen LogP contribution >= 0.6 is 11.3 Å². The van der Waals surface area contributed by atoms with Gasteiger partial charge in [0.15, 0.2) is 0 Å². The molecular formula is C12H10N2OS. The molecular weight excluding hydrogens is 220 g/mol. The Bertz CT molecular complexity index is 554. The lowest BCUT2D eigenvalue weighted by atomic mass is 10.2. The lowest BCUT2D eigenvalue weighted by Gasteiger charge is -2.01. The van der Waals surface area contributed by atoms with Crippen molar-refractivity contribution >= 4 is 17.0 Å². The molecule has 80 valence electrons. The molecule has 1 aromatic carbocycles. The third-order valence-corrected chi connectivity index (χ3v) is 3.32. The zero-order valence-electron chi connectivity index (χ0n) is 8.73. The summed E-state index contributed by atoms with van der Waals surface area (Å²) in [5.41, 5.74) is 7.26. The van der Waals surface area contributed by atoms with Crippen molar-refractivity contribution in [3.8, 4) is 22.3 Å². The lowest BCUT2D eigenvalue weighted by Crippen LogP contribution is -1.82. The van der Waals surface area contributed by atoms with E-state index in [1.165, 1.54) is 11.3 Å². The van der Waals surface area contributed by atoms with E-state index in [0.29, 0.717) is 10.6 Å². The third-order valence-electron chi connectivity index (χ3n) is 2.22. The highest BCUT2D eigenvalue weighted by Gasteiger charge is 2.07. The number of hydrogen-bond acceptors (Lipinski definition) is 4. The molecule has 0 radical (unpaired) electrons. The van der Waals surface area contributed by atoms with E-state index in [-0.39, 0.29) is 0 Å². The second-order valence-electron chi connectivity index (χ2n) is 3.24. The molecule has 0 aliphatic rings. The van der Waals surface area contributed by atoms with Crippen LogP contribution in [0, 0.1) is 11.3 Å². The van der Waals surface area contributed by atoms with Crippen LogP contribution in [0.4, 0.5) is 5.69 Å². The van der Waals surface area contributed by atoms with Crippen LogP contribution in [0.3, 0.4) is 0 Å². The molecule has 0 saturated carbocycles. The zero-order valence-corrected chi connectivity index (χ0v) is 9.54. The van der Waals surface area contributed by atoms with E-state index in [0.717, 1.165) is 16.2 Å². The van der Waals surface area contributed by atoms with Crippen LogP contribution in [0.1, 0.15) is 4.88 Å². The fourth-order valence-electron chi connectivity index (χ4n) is 1.41. The molecule has 0 aliphatic carbocycles. The van der Waals surface area contributed by atoms with Gasteiger partial charge in [-0.15, -0.1) is 11.3 Å². The largest absolute Gasteiger partial charge is 0.497 e. The smallest absolute Gasteiger partial charge is 0.128 e. The molecule has 0 atom stereocenters. The molecule has 2 rings (SSSR count). The Labute approximate surface area is 97.7 Å². The third kappa shape index (κ3) is 1.86. The van der Waals surface area contributed by atoms with Crippen molar-refractivity contribution in [2.75, 3.05) is 12.8 Å². The molecule has 2 aromatic rings. The highest BCUT2D eigenvalue weighted by atomic mass is 32.1. The van der Waals surface area contributed by atoms with Gasteiger partial charge in [-0.25, -0.2) is 0 Å². The molecule has 16 heavy (non-hydrogen) atoms. The Morgan fingerprint density at radius 1 is 1.38 bits per heavy atom. The monoisotopic (exact) mass is 230 g/mol. The molecule has 0 unspecified atom stereocenters. The Balaban J connectivity index is 2.46. The molecule has 0 fully saturated rings. The topological polar surface area (TPSA) is 59.0 Å². The Hall–Kier alpha value is -1.99. The SMILES string of the molecule is COc1cccc(-c2cc(N)c(C#N)s2)c1. The Kier molecular flexibility index (Phi) is 2.80. The van der Waals surface area contributed by atoms with Gasteiger partial charge in [-0.05, 0) is 23.8 Å². The van der Waals surface area contributed by atoms with Crippen molar-refractivity contribution in [3.05, 3.63) is 35.2 Å². The van der Waals surface area contributed by atoms with E-state index in [1.807, 2.05) is 30.3 Å². The van der Waals surface area contributed by atoms with Gasteiger partial charge in [-0.3, -0.25) is 0 Å². The summed E-state index contributed by atoms with van der Waals surface area (Å²) < 4.78 is 5.15. The highest BCUT2D eigenvalue weighted by Crippen LogP contribution is 2.33. The van der Waals surface area contributed by atoms with Gasteiger partial charge in [0.05, 0.1) is 12.8 Å². The molecule has 0 bridgehead atoms. The molecule has 0 amide bonds. The van der Waals surface area contributed by atoms with Gasteiger partial charge in [0.25, 0.3) is 0 Å². The van der Waals surface area contributed by atoms with Gasteiger partial charge in [0.1, 0.15) is 16.7 Å². The predicted octanol–water partition coefficient (Wildman–Crippen LogP) is 2.88. The maximum absolute atomic E-state index is 8.84. The minimum absolute atomic E-state index is 0.533. The Morgan fingerprint density at radius 2 is 2.19 bits per heavy atom. The lowest BCUT2D eigenvalue weighted by molar-refractivity contribution is 0.415. The van der Waals surface area contributed by atoms with Crippen molar-refractivity contribution in [1.29, 1.82) is 5.26 Å². The number of thiophene rings is 1. The molecule has 1 aromatic heterocycles. The average Bonchev–Trinajstić information content (AvgIpc) is 2.71. The van der Waals surface area contributed by atoms with Crippen molar-refractivity contribution in [2.24, 2.45) is 0 Å². The number of nitrogen functional groups attached to an aromatic ring is 1. The van der Waals surface area contributed by atoms with E-state index in [4.69, 9.17) is 15.7 Å². The fourth-order valence-corrected chi connectivity index (χ4v) is 2.28. The van der Waals surface area contributed by atoms with E-state index in [1.54, 1.807) is 7.11 Å².